The first kappa shape index (κ1) is 15.8. The lowest BCUT2D eigenvalue weighted by molar-refractivity contribution is -0.143. The summed E-state index contributed by atoms with van der Waals surface area (Å²) in [6.45, 7) is -0.182. The monoisotopic (exact) mass is 287 g/mol. The maximum Gasteiger partial charge on any atom is 0.416 e. The highest BCUT2D eigenvalue weighted by atomic mass is 19.4. The summed E-state index contributed by atoms with van der Waals surface area (Å²) in [6, 6.07) is 0.189. The van der Waals surface area contributed by atoms with E-state index in [0.717, 1.165) is 0 Å². The van der Waals surface area contributed by atoms with Crippen molar-refractivity contribution in [3.63, 3.8) is 0 Å². The number of halogens is 6. The number of nitrogens with two attached hydrogens (primary N) is 1. The molecule has 1 rings (SSSR count). The van der Waals surface area contributed by atoms with Crippen molar-refractivity contribution in [2.45, 2.75) is 18.4 Å². The van der Waals surface area contributed by atoms with Crippen molar-refractivity contribution in [2.75, 3.05) is 13.7 Å². The van der Waals surface area contributed by atoms with E-state index in [0.29, 0.717) is 12.1 Å². The standard InChI is InChI=1S/C11H11F6NO/c1-19-5-9(18)6-2-7(10(12,13)14)4-8(3-6)11(15,16)17/h2-4,9H,5,18H2,1H3. The fourth-order valence-corrected chi connectivity index (χ4v) is 1.47. The van der Waals surface area contributed by atoms with E-state index < -0.39 is 29.5 Å². The minimum Gasteiger partial charge on any atom is -0.383 e. The highest BCUT2D eigenvalue weighted by molar-refractivity contribution is 5.35. The maximum absolute atomic E-state index is 12.5. The van der Waals surface area contributed by atoms with Crippen LogP contribution in [0.2, 0.25) is 0 Å². The molecule has 0 aliphatic heterocycles. The van der Waals surface area contributed by atoms with Crippen LogP contribution in [0.15, 0.2) is 18.2 Å². The molecule has 19 heavy (non-hydrogen) atoms. The van der Waals surface area contributed by atoms with Crippen molar-refractivity contribution in [3.8, 4) is 0 Å². The summed E-state index contributed by atoms with van der Waals surface area (Å²) < 4.78 is 79.9. The van der Waals surface area contributed by atoms with E-state index in [1.807, 2.05) is 0 Å². The summed E-state index contributed by atoms with van der Waals surface area (Å²) >= 11 is 0. The molecule has 0 fully saturated rings. The predicted molar refractivity (Wildman–Crippen MR) is 55.3 cm³/mol. The van der Waals surface area contributed by atoms with Gasteiger partial charge >= 0.3 is 12.4 Å². The molecule has 0 amide bonds. The number of hydrogen-bond acceptors (Lipinski definition) is 2. The molecule has 0 spiro atoms. The molecule has 0 aliphatic carbocycles. The lowest BCUT2D eigenvalue weighted by Gasteiger charge is -2.17. The van der Waals surface area contributed by atoms with Crippen LogP contribution in [-0.2, 0) is 17.1 Å². The van der Waals surface area contributed by atoms with Gasteiger partial charge in [-0.2, -0.15) is 26.3 Å². The van der Waals surface area contributed by atoms with Crippen LogP contribution in [0.1, 0.15) is 22.7 Å². The zero-order valence-electron chi connectivity index (χ0n) is 9.77. The van der Waals surface area contributed by atoms with Crippen molar-refractivity contribution < 1.29 is 31.1 Å². The quantitative estimate of drug-likeness (QED) is 0.865. The Hall–Kier alpha value is -1.28. The molecule has 1 aromatic rings. The average Bonchev–Trinajstić information content (AvgIpc) is 2.26. The Balaban J connectivity index is 3.33. The van der Waals surface area contributed by atoms with Crippen LogP contribution in [0.4, 0.5) is 26.3 Å². The third-order valence-corrected chi connectivity index (χ3v) is 2.38. The van der Waals surface area contributed by atoms with Crippen LogP contribution in [-0.4, -0.2) is 13.7 Å². The third-order valence-electron chi connectivity index (χ3n) is 2.38. The fourth-order valence-electron chi connectivity index (χ4n) is 1.47. The van der Waals surface area contributed by atoms with Crippen LogP contribution in [0, 0.1) is 0 Å². The van der Waals surface area contributed by atoms with E-state index in [1.165, 1.54) is 7.11 Å². The van der Waals surface area contributed by atoms with Crippen molar-refractivity contribution in [1.29, 1.82) is 0 Å². The SMILES string of the molecule is COCC(N)c1cc(C(F)(F)F)cc(C(F)(F)F)c1. The molecule has 8 heteroatoms. The minimum atomic E-state index is -4.87. The Kier molecular flexibility index (Phi) is 4.46. The fraction of sp³-hybridized carbons (Fsp3) is 0.455. The molecule has 0 aromatic heterocycles. The molecule has 0 heterocycles. The second kappa shape index (κ2) is 5.38. The molecular formula is C11H11F6NO. The molecule has 0 radical (unpaired) electrons. The van der Waals surface area contributed by atoms with Gasteiger partial charge in [0.15, 0.2) is 0 Å². The molecule has 0 aliphatic rings. The maximum atomic E-state index is 12.5. The topological polar surface area (TPSA) is 35.2 Å². The van der Waals surface area contributed by atoms with E-state index in [1.54, 1.807) is 0 Å². The average molecular weight is 287 g/mol. The summed E-state index contributed by atoms with van der Waals surface area (Å²) in [6.07, 6.45) is -9.74. The number of hydrogen-bond donors (Lipinski definition) is 1. The van der Waals surface area contributed by atoms with E-state index in [9.17, 15) is 26.3 Å². The molecule has 0 saturated heterocycles. The van der Waals surface area contributed by atoms with Crippen LogP contribution in [0.3, 0.4) is 0 Å². The van der Waals surface area contributed by atoms with Crippen LogP contribution in [0.25, 0.3) is 0 Å². The summed E-state index contributed by atoms with van der Waals surface area (Å²) in [5.41, 5.74) is 2.43. The van der Waals surface area contributed by atoms with Gasteiger partial charge in [0.1, 0.15) is 0 Å². The number of benzene rings is 1. The summed E-state index contributed by atoms with van der Waals surface area (Å²) in [5, 5.41) is 0. The third kappa shape index (κ3) is 4.10. The highest BCUT2D eigenvalue weighted by Crippen LogP contribution is 2.37. The zero-order chi connectivity index (χ0) is 14.8. The van der Waals surface area contributed by atoms with E-state index in [-0.39, 0.29) is 18.2 Å². The smallest absolute Gasteiger partial charge is 0.383 e. The van der Waals surface area contributed by atoms with Gasteiger partial charge in [0, 0.05) is 7.11 Å². The molecule has 2 nitrogen and oxygen atoms in total. The normalized spacial score (nSPS) is 14.5. The minimum absolute atomic E-state index is 0.0586. The van der Waals surface area contributed by atoms with E-state index >= 15 is 0 Å². The van der Waals surface area contributed by atoms with Gasteiger partial charge < -0.3 is 10.5 Å². The summed E-state index contributed by atoms with van der Waals surface area (Å²) in [7, 11) is 1.25. The highest BCUT2D eigenvalue weighted by Gasteiger charge is 2.37. The van der Waals surface area contributed by atoms with Crippen molar-refractivity contribution in [1.82, 2.24) is 0 Å². The van der Waals surface area contributed by atoms with E-state index in [4.69, 9.17) is 5.73 Å². The Bertz CT molecular complexity index is 408. The Morgan fingerprint density at radius 2 is 1.42 bits per heavy atom. The van der Waals surface area contributed by atoms with Crippen molar-refractivity contribution in [3.05, 3.63) is 34.9 Å². The Morgan fingerprint density at radius 3 is 1.74 bits per heavy atom. The Morgan fingerprint density at radius 1 is 1.00 bits per heavy atom. The van der Waals surface area contributed by atoms with Crippen molar-refractivity contribution >= 4 is 0 Å². The molecule has 108 valence electrons. The second-order valence-corrected chi connectivity index (χ2v) is 3.90. The first-order valence-electron chi connectivity index (χ1n) is 5.09. The molecule has 1 unspecified atom stereocenters. The van der Waals surface area contributed by atoms with Gasteiger partial charge in [-0.05, 0) is 23.8 Å². The second-order valence-electron chi connectivity index (χ2n) is 3.90. The molecule has 0 bridgehead atoms. The lowest BCUT2D eigenvalue weighted by Crippen LogP contribution is -2.19. The van der Waals surface area contributed by atoms with E-state index in [2.05, 4.69) is 4.74 Å². The summed E-state index contributed by atoms with van der Waals surface area (Å²) in [4.78, 5) is 0. The van der Waals surface area contributed by atoms with Crippen LogP contribution in [0.5, 0.6) is 0 Å². The number of methoxy groups -OCH3 is 1. The first-order chi connectivity index (χ1) is 8.55. The van der Waals surface area contributed by atoms with Crippen LogP contribution >= 0.6 is 0 Å². The number of ether oxygens (including phenoxy) is 1. The number of rotatable bonds is 3. The predicted octanol–water partition coefficient (Wildman–Crippen LogP) is 3.37. The van der Waals surface area contributed by atoms with Gasteiger partial charge in [-0.25, -0.2) is 0 Å². The van der Waals surface area contributed by atoms with Crippen LogP contribution < -0.4 is 5.73 Å². The first-order valence-corrected chi connectivity index (χ1v) is 5.09. The van der Waals surface area contributed by atoms with Crippen molar-refractivity contribution in [2.24, 2.45) is 5.73 Å². The molecular weight excluding hydrogens is 276 g/mol. The molecule has 1 atom stereocenters. The van der Waals surface area contributed by atoms with Gasteiger partial charge in [-0.15, -0.1) is 0 Å². The number of alkyl halides is 6. The van der Waals surface area contributed by atoms with Gasteiger partial charge in [-0.3, -0.25) is 0 Å². The van der Waals surface area contributed by atoms with Gasteiger partial charge in [-0.1, -0.05) is 0 Å². The van der Waals surface area contributed by atoms with Gasteiger partial charge in [0.05, 0.1) is 23.8 Å². The Labute approximate surface area is 105 Å². The van der Waals surface area contributed by atoms with Gasteiger partial charge in [0.25, 0.3) is 0 Å². The molecule has 1 aromatic carbocycles. The molecule has 2 N–H and O–H groups in total. The van der Waals surface area contributed by atoms with Gasteiger partial charge in [0.2, 0.25) is 0 Å². The molecule has 0 saturated carbocycles. The lowest BCUT2D eigenvalue weighted by atomic mass is 10.0. The zero-order valence-corrected chi connectivity index (χ0v) is 9.77. The largest absolute Gasteiger partial charge is 0.416 e. The summed E-state index contributed by atoms with van der Waals surface area (Å²) in [5.74, 6) is 0.